The van der Waals surface area contributed by atoms with Crippen molar-refractivity contribution < 1.29 is 4.79 Å². The lowest BCUT2D eigenvalue weighted by Crippen LogP contribution is -2.23. The first-order valence-electron chi connectivity index (χ1n) is 9.92. The number of carbonyl (C=O) groups excluding carboxylic acids is 1. The minimum atomic E-state index is 0.0300. The van der Waals surface area contributed by atoms with Crippen molar-refractivity contribution >= 4 is 23.4 Å². The van der Waals surface area contributed by atoms with Gasteiger partial charge < -0.3 is 15.2 Å². The maximum Gasteiger partial charge on any atom is 0.221 e. The highest BCUT2D eigenvalue weighted by Crippen LogP contribution is 2.19. The summed E-state index contributed by atoms with van der Waals surface area (Å²) in [6, 6.07) is 18.1. The molecule has 0 spiro atoms. The molecule has 3 aromatic rings. The van der Waals surface area contributed by atoms with Crippen LogP contribution in [0.1, 0.15) is 23.4 Å². The summed E-state index contributed by atoms with van der Waals surface area (Å²) < 4.78 is 2.03. The molecule has 0 bridgehead atoms. The molecular weight excluding hydrogens is 394 g/mol. The lowest BCUT2D eigenvalue weighted by Gasteiger charge is -2.10. The molecule has 1 amide bonds. The van der Waals surface area contributed by atoms with Crippen LogP contribution in [0.2, 0.25) is 0 Å². The molecule has 3 rings (SSSR count). The molecule has 30 heavy (non-hydrogen) atoms. The van der Waals surface area contributed by atoms with Crippen molar-refractivity contribution in [3.8, 4) is 0 Å². The molecule has 2 N–H and O–H groups in total. The van der Waals surface area contributed by atoms with Gasteiger partial charge in [-0.05, 0) is 24.6 Å². The molecular formula is C23H27N5OS. The van der Waals surface area contributed by atoms with Crippen LogP contribution in [0, 0.1) is 6.92 Å². The Hall–Kier alpha value is -3.06. The van der Waals surface area contributed by atoms with Crippen molar-refractivity contribution in [1.29, 1.82) is 0 Å². The minimum Gasteiger partial charge on any atom is -0.378 e. The third-order valence-electron chi connectivity index (χ3n) is 4.50. The number of thioether (sulfide) groups is 1. The summed E-state index contributed by atoms with van der Waals surface area (Å²) in [5, 5.41) is 15.8. The van der Waals surface area contributed by atoms with Crippen LogP contribution in [0.25, 0.3) is 0 Å². The van der Waals surface area contributed by atoms with E-state index in [9.17, 15) is 4.79 Å². The average molecular weight is 422 g/mol. The fourth-order valence-electron chi connectivity index (χ4n) is 2.84. The second-order valence-corrected chi connectivity index (χ2v) is 7.94. The molecule has 0 atom stereocenters. The molecule has 7 heteroatoms. The largest absolute Gasteiger partial charge is 0.378 e. The number of hydrogen-bond donors (Lipinski definition) is 2. The second-order valence-electron chi connectivity index (χ2n) is 6.88. The SMILES string of the molecule is C=CCn1c(CNc2ccc(C)cc2)nnc1SCCC(=O)NCc1ccccc1. The van der Waals surface area contributed by atoms with Crippen molar-refractivity contribution in [2.45, 2.75) is 38.1 Å². The van der Waals surface area contributed by atoms with E-state index in [1.807, 2.05) is 53.1 Å². The number of hydrogen-bond acceptors (Lipinski definition) is 5. The van der Waals surface area contributed by atoms with Gasteiger partial charge in [0.05, 0.1) is 6.54 Å². The van der Waals surface area contributed by atoms with Gasteiger partial charge in [0, 0.05) is 31.0 Å². The normalized spacial score (nSPS) is 10.6. The fourth-order valence-corrected chi connectivity index (χ4v) is 3.75. The Morgan fingerprint density at radius 1 is 1.10 bits per heavy atom. The van der Waals surface area contributed by atoms with E-state index in [0.717, 1.165) is 22.2 Å². The molecule has 156 valence electrons. The Labute approximate surface area is 181 Å². The molecule has 0 saturated heterocycles. The Kier molecular flexibility index (Phi) is 8.09. The van der Waals surface area contributed by atoms with Crippen LogP contribution in [-0.4, -0.2) is 26.4 Å². The smallest absolute Gasteiger partial charge is 0.221 e. The van der Waals surface area contributed by atoms with E-state index in [2.05, 4.69) is 46.5 Å². The summed E-state index contributed by atoms with van der Waals surface area (Å²) in [5.74, 6) is 1.51. The van der Waals surface area contributed by atoms with Crippen LogP contribution in [-0.2, 0) is 24.4 Å². The molecule has 1 heterocycles. The number of aryl methyl sites for hydroxylation is 1. The van der Waals surface area contributed by atoms with Gasteiger partial charge >= 0.3 is 0 Å². The molecule has 0 fully saturated rings. The first kappa shape index (κ1) is 21.6. The van der Waals surface area contributed by atoms with Crippen molar-refractivity contribution in [1.82, 2.24) is 20.1 Å². The Bertz CT molecular complexity index is 953. The Morgan fingerprint density at radius 2 is 1.87 bits per heavy atom. The standard InChI is InChI=1S/C23H27N5OS/c1-3-14-28-21(17-24-20-11-9-18(2)10-12-20)26-27-23(28)30-15-13-22(29)25-16-19-7-5-4-6-8-19/h3-12,24H,1,13-17H2,2H3,(H,25,29). The fraction of sp³-hybridized carbons (Fsp3) is 0.261. The predicted molar refractivity (Wildman–Crippen MR) is 122 cm³/mol. The van der Waals surface area contributed by atoms with Gasteiger partial charge in [-0.15, -0.1) is 16.8 Å². The molecule has 0 aliphatic carbocycles. The van der Waals surface area contributed by atoms with E-state index in [0.29, 0.717) is 31.8 Å². The highest BCUT2D eigenvalue weighted by Gasteiger charge is 2.12. The van der Waals surface area contributed by atoms with Gasteiger partial charge in [0.1, 0.15) is 0 Å². The van der Waals surface area contributed by atoms with E-state index in [-0.39, 0.29) is 5.91 Å². The van der Waals surface area contributed by atoms with Gasteiger partial charge in [-0.1, -0.05) is 65.9 Å². The van der Waals surface area contributed by atoms with Crippen LogP contribution in [0.15, 0.2) is 72.4 Å². The number of aromatic nitrogens is 3. The predicted octanol–water partition coefficient (Wildman–Crippen LogP) is 4.18. The first-order chi connectivity index (χ1) is 14.7. The number of rotatable bonds is 11. The van der Waals surface area contributed by atoms with Crippen molar-refractivity contribution in [2.75, 3.05) is 11.1 Å². The zero-order chi connectivity index (χ0) is 21.2. The highest BCUT2D eigenvalue weighted by molar-refractivity contribution is 7.99. The van der Waals surface area contributed by atoms with Gasteiger partial charge in [-0.3, -0.25) is 4.79 Å². The molecule has 0 aliphatic rings. The third kappa shape index (κ3) is 6.49. The van der Waals surface area contributed by atoms with Crippen molar-refractivity contribution in [2.24, 2.45) is 0 Å². The van der Waals surface area contributed by atoms with Gasteiger partial charge in [0.15, 0.2) is 11.0 Å². The summed E-state index contributed by atoms with van der Waals surface area (Å²) in [6.07, 6.45) is 2.25. The maximum absolute atomic E-state index is 12.1. The van der Waals surface area contributed by atoms with Gasteiger partial charge in [-0.25, -0.2) is 0 Å². The number of amides is 1. The number of benzene rings is 2. The number of carbonyl (C=O) groups is 1. The van der Waals surface area contributed by atoms with E-state index >= 15 is 0 Å². The monoisotopic (exact) mass is 421 g/mol. The zero-order valence-corrected chi connectivity index (χ0v) is 18.0. The maximum atomic E-state index is 12.1. The molecule has 0 aliphatic heterocycles. The lowest BCUT2D eigenvalue weighted by molar-refractivity contribution is -0.120. The molecule has 0 unspecified atom stereocenters. The number of nitrogens with one attached hydrogen (secondary N) is 2. The first-order valence-corrected chi connectivity index (χ1v) is 10.9. The van der Waals surface area contributed by atoms with E-state index in [1.165, 1.54) is 17.3 Å². The molecule has 6 nitrogen and oxygen atoms in total. The Morgan fingerprint density at radius 3 is 2.60 bits per heavy atom. The van der Waals surface area contributed by atoms with Crippen LogP contribution >= 0.6 is 11.8 Å². The van der Waals surface area contributed by atoms with E-state index < -0.39 is 0 Å². The summed E-state index contributed by atoms with van der Waals surface area (Å²) >= 11 is 1.53. The zero-order valence-electron chi connectivity index (χ0n) is 17.2. The van der Waals surface area contributed by atoms with Gasteiger partial charge in [-0.2, -0.15) is 0 Å². The number of allylic oxidation sites excluding steroid dienone is 1. The molecule has 0 saturated carbocycles. The topological polar surface area (TPSA) is 71.8 Å². The van der Waals surface area contributed by atoms with Crippen LogP contribution < -0.4 is 10.6 Å². The minimum absolute atomic E-state index is 0.0300. The number of anilines is 1. The highest BCUT2D eigenvalue weighted by atomic mass is 32.2. The van der Waals surface area contributed by atoms with Crippen molar-refractivity contribution in [3.63, 3.8) is 0 Å². The summed E-state index contributed by atoms with van der Waals surface area (Å²) in [6.45, 7) is 7.65. The van der Waals surface area contributed by atoms with Crippen LogP contribution in [0.4, 0.5) is 5.69 Å². The van der Waals surface area contributed by atoms with E-state index in [4.69, 9.17) is 0 Å². The third-order valence-corrected chi connectivity index (χ3v) is 5.47. The van der Waals surface area contributed by atoms with Crippen LogP contribution in [0.3, 0.4) is 0 Å². The lowest BCUT2D eigenvalue weighted by atomic mass is 10.2. The summed E-state index contributed by atoms with van der Waals surface area (Å²) in [7, 11) is 0. The molecule has 2 aromatic carbocycles. The summed E-state index contributed by atoms with van der Waals surface area (Å²) in [5.41, 5.74) is 3.36. The molecule has 1 aromatic heterocycles. The van der Waals surface area contributed by atoms with Crippen molar-refractivity contribution in [3.05, 3.63) is 84.2 Å². The Balaban J connectivity index is 1.49. The van der Waals surface area contributed by atoms with Gasteiger partial charge in [0.2, 0.25) is 5.91 Å². The van der Waals surface area contributed by atoms with Crippen LogP contribution in [0.5, 0.6) is 0 Å². The van der Waals surface area contributed by atoms with Gasteiger partial charge in [0.25, 0.3) is 0 Å². The van der Waals surface area contributed by atoms with E-state index in [1.54, 1.807) is 0 Å². The molecule has 0 radical (unpaired) electrons. The average Bonchev–Trinajstić information content (AvgIpc) is 3.14. The summed E-state index contributed by atoms with van der Waals surface area (Å²) in [4.78, 5) is 12.1. The number of nitrogens with zero attached hydrogens (tertiary/aromatic N) is 3. The quantitative estimate of drug-likeness (QED) is 0.359. The second kappa shape index (κ2) is 11.2.